The Morgan fingerprint density at radius 1 is 1.04 bits per heavy atom. The largest absolute Gasteiger partial charge is 0.383 e. The molecule has 24 heavy (non-hydrogen) atoms. The zero-order chi connectivity index (χ0) is 16.8. The molecule has 2 fully saturated rings. The zero-order valence-corrected chi connectivity index (χ0v) is 15.5. The van der Waals surface area contributed by atoms with Crippen molar-refractivity contribution < 1.29 is 4.74 Å². The van der Waals surface area contributed by atoms with E-state index in [2.05, 4.69) is 27.2 Å². The Kier molecular flexibility index (Phi) is 6.93. The molecule has 4 nitrogen and oxygen atoms in total. The maximum absolute atomic E-state index is 5.96. The van der Waals surface area contributed by atoms with Crippen molar-refractivity contribution in [2.24, 2.45) is 0 Å². The number of hydrogen-bond donors (Lipinski definition) is 1. The van der Waals surface area contributed by atoms with Crippen LogP contribution in [0.2, 0.25) is 5.02 Å². The monoisotopic (exact) mass is 351 g/mol. The van der Waals surface area contributed by atoms with Crippen LogP contribution < -0.4 is 5.32 Å². The molecule has 0 saturated carbocycles. The van der Waals surface area contributed by atoms with E-state index in [0.717, 1.165) is 24.7 Å². The van der Waals surface area contributed by atoms with E-state index in [1.54, 1.807) is 7.11 Å². The summed E-state index contributed by atoms with van der Waals surface area (Å²) in [5.41, 5.74) is 1.36. The number of likely N-dealkylation sites (tertiary alicyclic amines) is 2. The molecule has 0 spiro atoms. The fourth-order valence-corrected chi connectivity index (χ4v) is 3.96. The van der Waals surface area contributed by atoms with Crippen LogP contribution in [0.1, 0.15) is 24.8 Å². The maximum Gasteiger partial charge on any atom is 0.0589 e. The summed E-state index contributed by atoms with van der Waals surface area (Å²) in [5.74, 6) is 0. The van der Waals surface area contributed by atoms with Gasteiger partial charge >= 0.3 is 0 Å². The third-order valence-corrected chi connectivity index (χ3v) is 5.51. The molecule has 2 aliphatic rings. The minimum Gasteiger partial charge on any atom is -0.383 e. The van der Waals surface area contributed by atoms with E-state index < -0.39 is 0 Å². The molecule has 2 aliphatic heterocycles. The average molecular weight is 352 g/mol. The number of hydrogen-bond acceptors (Lipinski definition) is 4. The molecule has 5 heteroatoms. The van der Waals surface area contributed by atoms with Crippen LogP contribution in [-0.2, 0) is 11.3 Å². The predicted octanol–water partition coefficient (Wildman–Crippen LogP) is 2.61. The Bertz CT molecular complexity index is 488. The molecule has 3 rings (SSSR count). The van der Waals surface area contributed by atoms with E-state index in [-0.39, 0.29) is 0 Å². The van der Waals surface area contributed by atoms with Gasteiger partial charge in [-0.1, -0.05) is 23.7 Å². The van der Waals surface area contributed by atoms with Crippen LogP contribution in [0.15, 0.2) is 24.3 Å². The number of nitrogens with zero attached hydrogens (tertiary/aromatic N) is 2. The van der Waals surface area contributed by atoms with Gasteiger partial charge in [0.2, 0.25) is 0 Å². The molecular weight excluding hydrogens is 322 g/mol. The van der Waals surface area contributed by atoms with Crippen LogP contribution in [0.5, 0.6) is 0 Å². The summed E-state index contributed by atoms with van der Waals surface area (Å²) in [4.78, 5) is 5.07. The van der Waals surface area contributed by atoms with E-state index in [4.69, 9.17) is 16.3 Å². The molecule has 1 atom stereocenters. The second kappa shape index (κ2) is 9.16. The summed E-state index contributed by atoms with van der Waals surface area (Å²) in [5, 5.41) is 4.71. The molecule has 1 unspecified atom stereocenters. The second-order valence-corrected chi connectivity index (χ2v) is 7.56. The first kappa shape index (κ1) is 18.2. The molecule has 0 amide bonds. The van der Waals surface area contributed by atoms with Crippen LogP contribution >= 0.6 is 11.6 Å². The van der Waals surface area contributed by atoms with Gasteiger partial charge in [-0.05, 0) is 56.6 Å². The van der Waals surface area contributed by atoms with E-state index in [1.807, 2.05) is 12.1 Å². The number of rotatable bonds is 7. The number of halogens is 1. The summed E-state index contributed by atoms with van der Waals surface area (Å²) in [6.07, 6.45) is 3.78. The second-order valence-electron chi connectivity index (χ2n) is 7.12. The number of benzene rings is 1. The van der Waals surface area contributed by atoms with Crippen molar-refractivity contribution in [1.29, 1.82) is 0 Å². The quantitative estimate of drug-likeness (QED) is 0.817. The van der Waals surface area contributed by atoms with Crippen molar-refractivity contribution in [2.75, 3.05) is 46.4 Å². The molecule has 1 N–H and O–H groups in total. The molecule has 0 aliphatic carbocycles. The molecule has 0 aromatic heterocycles. The highest BCUT2D eigenvalue weighted by Crippen LogP contribution is 2.18. The fourth-order valence-electron chi connectivity index (χ4n) is 3.83. The normalized spacial score (nSPS) is 23.8. The summed E-state index contributed by atoms with van der Waals surface area (Å²) in [7, 11) is 1.78. The average Bonchev–Trinajstić information content (AvgIpc) is 3.04. The van der Waals surface area contributed by atoms with Gasteiger partial charge < -0.3 is 10.1 Å². The molecule has 1 aromatic carbocycles. The van der Waals surface area contributed by atoms with E-state index in [0.29, 0.717) is 12.1 Å². The highest BCUT2D eigenvalue weighted by Gasteiger charge is 2.26. The molecule has 0 radical (unpaired) electrons. The Hall–Kier alpha value is -0.650. The van der Waals surface area contributed by atoms with Crippen LogP contribution in [0.25, 0.3) is 0 Å². The van der Waals surface area contributed by atoms with Crippen molar-refractivity contribution in [1.82, 2.24) is 15.1 Å². The van der Waals surface area contributed by atoms with Gasteiger partial charge in [-0.3, -0.25) is 9.80 Å². The minimum absolute atomic E-state index is 0.662. The van der Waals surface area contributed by atoms with Crippen molar-refractivity contribution in [2.45, 2.75) is 37.9 Å². The third kappa shape index (κ3) is 5.43. The van der Waals surface area contributed by atoms with Gasteiger partial charge in [0.1, 0.15) is 0 Å². The molecule has 1 aromatic rings. The first-order valence-corrected chi connectivity index (χ1v) is 9.55. The molecule has 2 saturated heterocycles. The van der Waals surface area contributed by atoms with E-state index >= 15 is 0 Å². The lowest BCUT2D eigenvalue weighted by atomic mass is 10.0. The van der Waals surface area contributed by atoms with Crippen molar-refractivity contribution in [3.05, 3.63) is 34.9 Å². The van der Waals surface area contributed by atoms with Gasteiger partial charge in [0, 0.05) is 43.9 Å². The van der Waals surface area contributed by atoms with Gasteiger partial charge in [0.05, 0.1) is 6.61 Å². The predicted molar refractivity (Wildman–Crippen MR) is 99.6 cm³/mol. The van der Waals surface area contributed by atoms with Gasteiger partial charge in [-0.15, -0.1) is 0 Å². The molecule has 134 valence electrons. The van der Waals surface area contributed by atoms with Crippen LogP contribution in [-0.4, -0.2) is 68.3 Å². The van der Waals surface area contributed by atoms with E-state index in [9.17, 15) is 0 Å². The van der Waals surface area contributed by atoms with E-state index in [1.165, 1.54) is 51.0 Å². The summed E-state index contributed by atoms with van der Waals surface area (Å²) >= 11 is 5.96. The third-order valence-electron chi connectivity index (χ3n) is 5.26. The molecule has 0 bridgehead atoms. The minimum atomic E-state index is 0.662. The smallest absolute Gasteiger partial charge is 0.0589 e. The van der Waals surface area contributed by atoms with Gasteiger partial charge in [-0.2, -0.15) is 0 Å². The lowest BCUT2D eigenvalue weighted by Gasteiger charge is -2.34. The Morgan fingerprint density at radius 2 is 1.71 bits per heavy atom. The summed E-state index contributed by atoms with van der Waals surface area (Å²) in [6, 6.07) is 9.59. The lowest BCUT2D eigenvalue weighted by Crippen LogP contribution is -2.46. The summed E-state index contributed by atoms with van der Waals surface area (Å²) < 4.78 is 5.18. The lowest BCUT2D eigenvalue weighted by molar-refractivity contribution is 0.157. The topological polar surface area (TPSA) is 27.7 Å². The van der Waals surface area contributed by atoms with Crippen LogP contribution in [0, 0.1) is 0 Å². The first-order valence-electron chi connectivity index (χ1n) is 9.17. The fraction of sp³-hybridized carbons (Fsp3) is 0.684. The van der Waals surface area contributed by atoms with Crippen LogP contribution in [0.4, 0.5) is 0 Å². The Labute approximate surface area is 151 Å². The van der Waals surface area contributed by atoms with Gasteiger partial charge in [0.25, 0.3) is 0 Å². The van der Waals surface area contributed by atoms with Crippen molar-refractivity contribution >= 4 is 11.6 Å². The Morgan fingerprint density at radius 3 is 2.42 bits per heavy atom. The standard InChI is InChI=1S/C19H30ClN3O/c1-24-13-12-23-11-8-19(15-23)21-18-6-9-22(10-7-18)14-16-2-4-17(20)5-3-16/h2-5,18-19,21H,6-15H2,1H3. The van der Waals surface area contributed by atoms with Gasteiger partial charge in [-0.25, -0.2) is 0 Å². The number of nitrogens with one attached hydrogen (secondary N) is 1. The maximum atomic E-state index is 5.96. The SMILES string of the molecule is COCCN1CCC(NC2CCN(Cc3ccc(Cl)cc3)CC2)C1. The zero-order valence-electron chi connectivity index (χ0n) is 14.7. The summed E-state index contributed by atoms with van der Waals surface area (Å²) in [6.45, 7) is 7.69. The highest BCUT2D eigenvalue weighted by atomic mass is 35.5. The first-order chi connectivity index (χ1) is 11.7. The molecular formula is C19H30ClN3O. The number of ether oxygens (including phenoxy) is 1. The molecule has 2 heterocycles. The number of methoxy groups -OCH3 is 1. The Balaban J connectivity index is 1.36. The van der Waals surface area contributed by atoms with Crippen molar-refractivity contribution in [3.8, 4) is 0 Å². The van der Waals surface area contributed by atoms with Crippen LogP contribution in [0.3, 0.4) is 0 Å². The van der Waals surface area contributed by atoms with Gasteiger partial charge in [0.15, 0.2) is 0 Å². The number of piperidine rings is 1. The van der Waals surface area contributed by atoms with Crippen molar-refractivity contribution in [3.63, 3.8) is 0 Å². The highest BCUT2D eigenvalue weighted by molar-refractivity contribution is 6.30.